The van der Waals surface area contributed by atoms with Gasteiger partial charge in [0.1, 0.15) is 0 Å². The molecule has 0 N–H and O–H groups in total. The Labute approximate surface area is 333 Å². The number of rotatable bonds is 4. The smallest absolute Gasteiger partial charge is 0.0561 e. The molecule has 3 aliphatic carbocycles. The molecule has 1 spiro atoms. The summed E-state index contributed by atoms with van der Waals surface area (Å²) >= 11 is 0. The van der Waals surface area contributed by atoms with Crippen LogP contribution in [0.15, 0.2) is 188 Å². The van der Waals surface area contributed by atoms with Crippen molar-refractivity contribution >= 4 is 55.2 Å². The number of para-hydroxylation sites is 2. The van der Waals surface area contributed by atoms with Crippen molar-refractivity contribution in [2.45, 2.75) is 25.7 Å². The lowest BCUT2D eigenvalue weighted by Gasteiger charge is -2.36. The molecular formula is C55H40N2. The van der Waals surface area contributed by atoms with E-state index >= 15 is 0 Å². The fourth-order valence-electron chi connectivity index (χ4n) is 10.9. The molecule has 0 aliphatic heterocycles. The second kappa shape index (κ2) is 12.0. The molecule has 3 aliphatic rings. The second-order valence-corrected chi connectivity index (χ2v) is 16.1. The number of hydrogen-bond acceptors (Lipinski definition) is 1. The van der Waals surface area contributed by atoms with E-state index in [1.54, 1.807) is 0 Å². The van der Waals surface area contributed by atoms with Gasteiger partial charge < -0.3 is 9.47 Å². The molecular weight excluding hydrogens is 689 g/mol. The summed E-state index contributed by atoms with van der Waals surface area (Å²) in [6, 6.07) is 63.7. The number of aryl methyl sites for hydroxylation is 1. The van der Waals surface area contributed by atoms with E-state index in [0.717, 1.165) is 23.5 Å². The maximum Gasteiger partial charge on any atom is 0.0561 e. The Hall–Kier alpha value is -6.90. The minimum atomic E-state index is -0.306. The maximum absolute atomic E-state index is 2.55. The largest absolute Gasteiger partial charge is 0.310 e. The van der Waals surface area contributed by atoms with Crippen LogP contribution >= 0.6 is 0 Å². The van der Waals surface area contributed by atoms with E-state index in [-0.39, 0.29) is 11.3 Å². The molecule has 1 heterocycles. The Balaban J connectivity index is 1.16. The Morgan fingerprint density at radius 1 is 0.579 bits per heavy atom. The molecule has 0 amide bonds. The zero-order chi connectivity index (χ0) is 37.8. The number of nitrogens with zero attached hydrogens (tertiary/aromatic N) is 2. The van der Waals surface area contributed by atoms with Gasteiger partial charge in [-0.05, 0) is 135 Å². The molecule has 2 unspecified atom stereocenters. The van der Waals surface area contributed by atoms with Crippen LogP contribution in [0.5, 0.6) is 0 Å². The average molecular weight is 729 g/mol. The first-order valence-corrected chi connectivity index (χ1v) is 20.2. The Bertz CT molecular complexity index is 3200. The average Bonchev–Trinajstić information content (AvgIpc) is 3.85. The lowest BCUT2D eigenvalue weighted by atomic mass is 9.66. The van der Waals surface area contributed by atoms with Gasteiger partial charge >= 0.3 is 0 Å². The minimum Gasteiger partial charge on any atom is -0.310 e. The minimum absolute atomic E-state index is 0.253. The SMILES string of the molecule is Cc1cc2ccccc2cc1N(c1ccc2c(c1)C13c4ccccc4-c4cccc(c41)C/C=C\C=C2C3C)c1ccc2c3ccccc3n(-c3ccccc3)c2c1. The van der Waals surface area contributed by atoms with E-state index in [1.807, 2.05) is 0 Å². The third-order valence-corrected chi connectivity index (χ3v) is 13.3. The molecule has 57 heavy (non-hydrogen) atoms. The third kappa shape index (κ3) is 4.41. The highest BCUT2D eigenvalue weighted by Gasteiger charge is 2.55. The first kappa shape index (κ1) is 32.4. The molecule has 2 atom stereocenters. The predicted octanol–water partition coefficient (Wildman–Crippen LogP) is 14.2. The molecule has 0 saturated carbocycles. The fraction of sp³-hybridized carbons (Fsp3) is 0.0909. The molecule has 8 aromatic carbocycles. The summed E-state index contributed by atoms with van der Waals surface area (Å²) < 4.78 is 2.43. The molecule has 2 nitrogen and oxygen atoms in total. The van der Waals surface area contributed by atoms with Crippen molar-refractivity contribution < 1.29 is 0 Å². The summed E-state index contributed by atoms with van der Waals surface area (Å²) in [6.45, 7) is 4.73. The van der Waals surface area contributed by atoms with Gasteiger partial charge in [0, 0.05) is 33.5 Å². The van der Waals surface area contributed by atoms with Crippen molar-refractivity contribution in [3.63, 3.8) is 0 Å². The molecule has 0 radical (unpaired) electrons. The maximum atomic E-state index is 2.55. The highest BCUT2D eigenvalue weighted by atomic mass is 15.1. The monoisotopic (exact) mass is 728 g/mol. The number of allylic oxidation sites excluding steroid dienone is 4. The number of benzene rings is 8. The van der Waals surface area contributed by atoms with Crippen molar-refractivity contribution in [1.29, 1.82) is 0 Å². The van der Waals surface area contributed by atoms with Crippen LogP contribution in [0.1, 0.15) is 40.3 Å². The summed E-state index contributed by atoms with van der Waals surface area (Å²) in [5, 5.41) is 4.99. The van der Waals surface area contributed by atoms with Crippen LogP contribution in [-0.4, -0.2) is 4.57 Å². The lowest BCUT2D eigenvalue weighted by molar-refractivity contribution is 0.528. The fourth-order valence-corrected chi connectivity index (χ4v) is 10.9. The molecule has 2 heteroatoms. The van der Waals surface area contributed by atoms with Gasteiger partial charge in [-0.25, -0.2) is 0 Å². The quantitative estimate of drug-likeness (QED) is 0.175. The number of fused-ring (bicyclic) bond motifs is 9. The van der Waals surface area contributed by atoms with Gasteiger partial charge in [-0.15, -0.1) is 0 Å². The van der Waals surface area contributed by atoms with Gasteiger partial charge in [-0.3, -0.25) is 0 Å². The molecule has 2 bridgehead atoms. The topological polar surface area (TPSA) is 8.17 Å². The summed E-state index contributed by atoms with van der Waals surface area (Å²) in [6.07, 6.45) is 7.95. The van der Waals surface area contributed by atoms with Gasteiger partial charge in [0.15, 0.2) is 0 Å². The molecule has 0 saturated heterocycles. The first-order valence-electron chi connectivity index (χ1n) is 20.2. The van der Waals surface area contributed by atoms with Crippen molar-refractivity contribution in [3.8, 4) is 16.8 Å². The molecule has 1 aromatic heterocycles. The van der Waals surface area contributed by atoms with Gasteiger partial charge in [0.05, 0.1) is 16.4 Å². The highest BCUT2D eigenvalue weighted by Crippen LogP contribution is 2.65. The number of anilines is 3. The zero-order valence-electron chi connectivity index (χ0n) is 32.1. The molecule has 12 rings (SSSR count). The van der Waals surface area contributed by atoms with E-state index in [9.17, 15) is 0 Å². The van der Waals surface area contributed by atoms with Gasteiger partial charge in [0.25, 0.3) is 0 Å². The van der Waals surface area contributed by atoms with Crippen LogP contribution < -0.4 is 4.90 Å². The number of aromatic nitrogens is 1. The Morgan fingerprint density at radius 2 is 1.30 bits per heavy atom. The standard InChI is InChI=1S/C55H40N2/c1-35-31-38-16-6-7-17-39(38)32-52(35)56(42-28-30-47-46-23-11-13-26-51(46)57(53(47)34-42)40-19-4-3-5-20-40)41-27-29-45-43-21-9-8-15-37-18-14-24-48-44-22-10-12-25-49(44)55(36(43)2,54(37)48)50(45)33-41/h3-14,16-34,36H,15H2,1-2H3/b9-8-,43-21?. The Morgan fingerprint density at radius 3 is 2.19 bits per heavy atom. The predicted molar refractivity (Wildman–Crippen MR) is 239 cm³/mol. The normalized spacial score (nSPS) is 18.1. The first-order chi connectivity index (χ1) is 28.1. The summed E-state index contributed by atoms with van der Waals surface area (Å²) in [5.41, 5.74) is 19.2. The van der Waals surface area contributed by atoms with Crippen molar-refractivity contribution in [2.24, 2.45) is 5.92 Å². The van der Waals surface area contributed by atoms with Crippen molar-refractivity contribution in [3.05, 3.63) is 221 Å². The zero-order valence-corrected chi connectivity index (χ0v) is 32.1. The summed E-state index contributed by atoms with van der Waals surface area (Å²) in [4.78, 5) is 2.52. The van der Waals surface area contributed by atoms with Crippen LogP contribution in [0.2, 0.25) is 0 Å². The van der Waals surface area contributed by atoms with Crippen LogP contribution in [0.3, 0.4) is 0 Å². The summed E-state index contributed by atoms with van der Waals surface area (Å²) in [5.74, 6) is 0.253. The van der Waals surface area contributed by atoms with Crippen LogP contribution in [0.25, 0.3) is 55.0 Å². The molecule has 270 valence electrons. The van der Waals surface area contributed by atoms with Crippen molar-refractivity contribution in [1.82, 2.24) is 4.57 Å². The number of hydrogen-bond donors (Lipinski definition) is 0. The third-order valence-electron chi connectivity index (χ3n) is 13.3. The van der Waals surface area contributed by atoms with Gasteiger partial charge in [-0.2, -0.15) is 0 Å². The highest BCUT2D eigenvalue weighted by molar-refractivity contribution is 6.10. The van der Waals surface area contributed by atoms with E-state index in [4.69, 9.17) is 0 Å². The molecule has 0 fully saturated rings. The van der Waals surface area contributed by atoms with E-state index in [1.165, 1.54) is 88.3 Å². The van der Waals surface area contributed by atoms with Crippen LogP contribution in [0, 0.1) is 12.8 Å². The van der Waals surface area contributed by atoms with Crippen LogP contribution in [-0.2, 0) is 11.8 Å². The van der Waals surface area contributed by atoms with Crippen LogP contribution in [0.4, 0.5) is 17.1 Å². The van der Waals surface area contributed by atoms with Crippen molar-refractivity contribution in [2.75, 3.05) is 4.90 Å². The van der Waals surface area contributed by atoms with Gasteiger partial charge in [0.2, 0.25) is 0 Å². The summed E-state index contributed by atoms with van der Waals surface area (Å²) in [7, 11) is 0. The second-order valence-electron chi connectivity index (χ2n) is 16.1. The van der Waals surface area contributed by atoms with Gasteiger partial charge in [-0.1, -0.05) is 140 Å². The van der Waals surface area contributed by atoms with E-state index < -0.39 is 0 Å². The van der Waals surface area contributed by atoms with E-state index in [0.29, 0.717) is 0 Å². The van der Waals surface area contributed by atoms with E-state index in [2.05, 4.69) is 211 Å². The molecule has 9 aromatic rings. The lowest BCUT2D eigenvalue weighted by Crippen LogP contribution is -2.31. The Kier molecular flexibility index (Phi) is 6.84.